The molecule has 0 spiro atoms. The minimum Gasteiger partial charge on any atom is -0.497 e. The smallest absolute Gasteiger partial charge is 0.261 e. The quantitative estimate of drug-likeness (QED) is 0.778. The van der Waals surface area contributed by atoms with E-state index in [2.05, 4.69) is 25.2 Å². The Hall–Kier alpha value is -2.69. The summed E-state index contributed by atoms with van der Waals surface area (Å²) in [5, 5.41) is 2.88. The van der Waals surface area contributed by atoms with Crippen LogP contribution in [-0.2, 0) is 11.3 Å². The minimum atomic E-state index is -0.603. The van der Waals surface area contributed by atoms with Crippen LogP contribution in [0.25, 0.3) is 0 Å². The lowest BCUT2D eigenvalue weighted by molar-refractivity contribution is -0.127. The van der Waals surface area contributed by atoms with E-state index in [-0.39, 0.29) is 5.91 Å². The van der Waals surface area contributed by atoms with Crippen LogP contribution in [0.5, 0.6) is 17.2 Å². The van der Waals surface area contributed by atoms with Crippen molar-refractivity contribution in [3.05, 3.63) is 53.6 Å². The molecule has 140 valence electrons. The molecule has 0 bridgehead atoms. The van der Waals surface area contributed by atoms with Gasteiger partial charge in [0.1, 0.15) is 17.2 Å². The molecule has 1 N–H and O–H groups in total. The number of hydrogen-bond donors (Lipinski definition) is 1. The maximum atomic E-state index is 12.4. The molecule has 0 aliphatic carbocycles. The van der Waals surface area contributed by atoms with Gasteiger partial charge in [-0.25, -0.2) is 0 Å². The van der Waals surface area contributed by atoms with E-state index >= 15 is 0 Å². The summed E-state index contributed by atoms with van der Waals surface area (Å²) in [4.78, 5) is 12.4. The Kier molecular flexibility index (Phi) is 6.89. The van der Waals surface area contributed by atoms with Crippen molar-refractivity contribution in [2.75, 3.05) is 14.2 Å². The average Bonchev–Trinajstić information content (AvgIpc) is 2.65. The Morgan fingerprint density at radius 1 is 1.00 bits per heavy atom. The number of amides is 1. The highest BCUT2D eigenvalue weighted by molar-refractivity contribution is 5.80. The van der Waals surface area contributed by atoms with Crippen LogP contribution in [0.15, 0.2) is 42.5 Å². The Morgan fingerprint density at radius 3 is 2.42 bits per heavy atom. The third-order valence-corrected chi connectivity index (χ3v) is 4.15. The first-order chi connectivity index (χ1) is 12.4. The first kappa shape index (κ1) is 19.6. The summed E-state index contributed by atoms with van der Waals surface area (Å²) in [5.74, 6) is 2.32. The minimum absolute atomic E-state index is 0.190. The molecule has 0 aliphatic rings. The predicted octanol–water partition coefficient (Wildman–Crippen LogP) is 3.91. The lowest BCUT2D eigenvalue weighted by atomic mass is 10.0. The summed E-state index contributed by atoms with van der Waals surface area (Å²) in [6.45, 7) is 6.31. The van der Waals surface area contributed by atoms with Crippen LogP contribution in [0.4, 0.5) is 0 Å². The van der Waals surface area contributed by atoms with Crippen LogP contribution in [-0.4, -0.2) is 26.2 Å². The molecule has 0 saturated carbocycles. The van der Waals surface area contributed by atoms with Crippen molar-refractivity contribution in [2.45, 2.75) is 39.3 Å². The molecule has 1 amide bonds. The summed E-state index contributed by atoms with van der Waals surface area (Å²) in [6, 6.07) is 13.3. The average molecular weight is 357 g/mol. The maximum Gasteiger partial charge on any atom is 0.261 e. The summed E-state index contributed by atoms with van der Waals surface area (Å²) in [5.41, 5.74) is 2.02. The molecule has 2 aromatic rings. The van der Waals surface area contributed by atoms with E-state index in [9.17, 15) is 4.79 Å². The Balaban J connectivity index is 1.98. The van der Waals surface area contributed by atoms with E-state index in [0.29, 0.717) is 29.7 Å². The molecule has 0 saturated heterocycles. The largest absolute Gasteiger partial charge is 0.497 e. The molecule has 2 rings (SSSR count). The SMILES string of the molecule is COc1ccc(OC)c(CNC(=O)C(C)Oc2cccc(C(C)C)c2)c1. The second-order valence-corrected chi connectivity index (χ2v) is 6.38. The molecule has 5 nitrogen and oxygen atoms in total. The van der Waals surface area contributed by atoms with Gasteiger partial charge in [0.2, 0.25) is 0 Å². The third kappa shape index (κ3) is 5.15. The summed E-state index contributed by atoms with van der Waals surface area (Å²) < 4.78 is 16.3. The standard InChI is InChI=1S/C21H27NO4/c1-14(2)16-7-6-8-19(11-16)26-15(3)21(23)22-13-17-12-18(24-4)9-10-20(17)25-5/h6-12,14-15H,13H2,1-5H3,(H,22,23). The molecular weight excluding hydrogens is 330 g/mol. The van der Waals surface area contributed by atoms with E-state index in [4.69, 9.17) is 14.2 Å². The van der Waals surface area contributed by atoms with Gasteiger partial charge in [0.05, 0.1) is 14.2 Å². The van der Waals surface area contributed by atoms with E-state index in [1.807, 2.05) is 36.4 Å². The summed E-state index contributed by atoms with van der Waals surface area (Å²) in [7, 11) is 3.20. The Bertz CT molecular complexity index is 743. The van der Waals surface area contributed by atoms with Crippen LogP contribution in [0, 0.1) is 0 Å². The molecule has 1 atom stereocenters. The van der Waals surface area contributed by atoms with Crippen LogP contribution < -0.4 is 19.5 Å². The number of carbonyl (C=O) groups excluding carboxylic acids is 1. The number of benzene rings is 2. The van der Waals surface area contributed by atoms with Gasteiger partial charge in [-0.2, -0.15) is 0 Å². The van der Waals surface area contributed by atoms with Crippen molar-refractivity contribution < 1.29 is 19.0 Å². The lowest BCUT2D eigenvalue weighted by Crippen LogP contribution is -2.36. The molecule has 0 fully saturated rings. The van der Waals surface area contributed by atoms with Crippen LogP contribution in [0.1, 0.15) is 37.8 Å². The number of rotatable bonds is 8. The number of hydrogen-bond acceptors (Lipinski definition) is 4. The van der Waals surface area contributed by atoms with Gasteiger partial charge >= 0.3 is 0 Å². The van der Waals surface area contributed by atoms with Gasteiger partial charge in [-0.1, -0.05) is 26.0 Å². The van der Waals surface area contributed by atoms with E-state index in [1.165, 1.54) is 5.56 Å². The molecule has 26 heavy (non-hydrogen) atoms. The van der Waals surface area contributed by atoms with Crippen LogP contribution in [0.2, 0.25) is 0 Å². The number of ether oxygens (including phenoxy) is 3. The highest BCUT2D eigenvalue weighted by atomic mass is 16.5. The Labute approximate surface area is 155 Å². The van der Waals surface area contributed by atoms with Gasteiger partial charge in [-0.3, -0.25) is 4.79 Å². The van der Waals surface area contributed by atoms with Crippen molar-refractivity contribution >= 4 is 5.91 Å². The van der Waals surface area contributed by atoms with Crippen LogP contribution in [0.3, 0.4) is 0 Å². The van der Waals surface area contributed by atoms with Gasteiger partial charge in [-0.15, -0.1) is 0 Å². The van der Waals surface area contributed by atoms with Gasteiger partial charge in [0, 0.05) is 12.1 Å². The maximum absolute atomic E-state index is 12.4. The second kappa shape index (κ2) is 9.13. The lowest BCUT2D eigenvalue weighted by Gasteiger charge is -2.17. The first-order valence-corrected chi connectivity index (χ1v) is 8.69. The fraction of sp³-hybridized carbons (Fsp3) is 0.381. The highest BCUT2D eigenvalue weighted by Gasteiger charge is 2.16. The van der Waals surface area contributed by atoms with Crippen molar-refractivity contribution in [2.24, 2.45) is 0 Å². The number of methoxy groups -OCH3 is 2. The monoisotopic (exact) mass is 357 g/mol. The summed E-state index contributed by atoms with van der Waals surface area (Å²) >= 11 is 0. The molecular formula is C21H27NO4. The molecule has 1 unspecified atom stereocenters. The van der Waals surface area contributed by atoms with E-state index in [0.717, 1.165) is 5.56 Å². The summed E-state index contributed by atoms with van der Waals surface area (Å²) in [6.07, 6.45) is -0.603. The Morgan fingerprint density at radius 2 is 1.77 bits per heavy atom. The fourth-order valence-corrected chi connectivity index (χ4v) is 2.55. The van der Waals surface area contributed by atoms with Crippen molar-refractivity contribution in [3.63, 3.8) is 0 Å². The van der Waals surface area contributed by atoms with Gasteiger partial charge in [0.15, 0.2) is 6.10 Å². The zero-order valence-electron chi connectivity index (χ0n) is 16.0. The normalized spacial score (nSPS) is 11.8. The highest BCUT2D eigenvalue weighted by Crippen LogP contribution is 2.24. The molecule has 0 heterocycles. The second-order valence-electron chi connectivity index (χ2n) is 6.38. The first-order valence-electron chi connectivity index (χ1n) is 8.69. The van der Waals surface area contributed by atoms with Gasteiger partial charge < -0.3 is 19.5 Å². The zero-order valence-corrected chi connectivity index (χ0v) is 16.0. The van der Waals surface area contributed by atoms with Gasteiger partial charge in [-0.05, 0) is 48.7 Å². The molecule has 5 heteroatoms. The van der Waals surface area contributed by atoms with Crippen molar-refractivity contribution in [1.29, 1.82) is 0 Å². The van der Waals surface area contributed by atoms with Crippen molar-refractivity contribution in [3.8, 4) is 17.2 Å². The fourth-order valence-electron chi connectivity index (χ4n) is 2.55. The zero-order chi connectivity index (χ0) is 19.1. The van der Waals surface area contributed by atoms with Crippen LogP contribution >= 0.6 is 0 Å². The molecule has 0 aliphatic heterocycles. The predicted molar refractivity (Wildman–Crippen MR) is 102 cm³/mol. The number of carbonyl (C=O) groups is 1. The molecule has 2 aromatic carbocycles. The molecule has 0 aromatic heterocycles. The van der Waals surface area contributed by atoms with Gasteiger partial charge in [0.25, 0.3) is 5.91 Å². The van der Waals surface area contributed by atoms with E-state index < -0.39 is 6.10 Å². The van der Waals surface area contributed by atoms with Crippen molar-refractivity contribution in [1.82, 2.24) is 5.32 Å². The third-order valence-electron chi connectivity index (χ3n) is 4.15. The van der Waals surface area contributed by atoms with E-state index in [1.54, 1.807) is 21.1 Å². The topological polar surface area (TPSA) is 56.8 Å². The number of nitrogens with one attached hydrogen (secondary N) is 1. The molecule has 0 radical (unpaired) electrons.